The molecule has 0 aromatic heterocycles. The topological polar surface area (TPSA) is 166 Å². The Morgan fingerprint density at radius 1 is 1.48 bits per heavy atom. The van der Waals surface area contributed by atoms with E-state index in [0.29, 0.717) is 37.3 Å². The molecule has 2 atom stereocenters. The molecule has 2 aliphatic rings. The largest absolute Gasteiger partial charge is 0.486 e. The molecule has 1 saturated carbocycles. The van der Waals surface area contributed by atoms with Crippen LogP contribution in [-0.4, -0.2) is 51.9 Å². The number of amidine groups is 1. The predicted octanol–water partition coefficient (Wildman–Crippen LogP) is -0.329. The smallest absolute Gasteiger partial charge is 0.341 e. The minimum absolute atomic E-state index is 0.0109. The van der Waals surface area contributed by atoms with E-state index in [1.165, 1.54) is 6.92 Å². The Morgan fingerprint density at radius 3 is 2.78 bits per heavy atom. The molecule has 0 unspecified atom stereocenters. The Hall–Kier alpha value is -2.20. The number of carboxylic acids is 1. The monoisotopic (exact) mass is 378 g/mol. The van der Waals surface area contributed by atoms with E-state index in [1.807, 2.05) is 6.07 Å². The van der Waals surface area contributed by atoms with Crippen LogP contribution in [0.4, 0.5) is 0 Å². The zero-order valence-electron chi connectivity index (χ0n) is 15.2. The highest BCUT2D eigenvalue weighted by atomic mass is 16.7. The van der Waals surface area contributed by atoms with Gasteiger partial charge in [0.05, 0.1) is 12.6 Å². The van der Waals surface area contributed by atoms with Crippen molar-refractivity contribution in [2.24, 2.45) is 22.4 Å². The zero-order chi connectivity index (χ0) is 19.8. The van der Waals surface area contributed by atoms with Crippen LogP contribution in [0.5, 0.6) is 5.75 Å². The molecule has 9 heteroatoms. The Labute approximate surface area is 157 Å². The van der Waals surface area contributed by atoms with Gasteiger partial charge in [0.1, 0.15) is 17.7 Å². The normalized spacial score (nSPS) is 29.9. The number of nitrogens with zero attached hydrogens (tertiary/aromatic N) is 1. The Bertz CT molecular complexity index is 762. The summed E-state index contributed by atoms with van der Waals surface area (Å²) in [5.74, 6) is 5.01. The van der Waals surface area contributed by atoms with Crippen molar-refractivity contribution >= 4 is 11.8 Å². The number of aliphatic carboxylic acids is 1. The van der Waals surface area contributed by atoms with Gasteiger partial charge in [-0.1, -0.05) is 0 Å². The molecule has 0 spiro atoms. The highest BCUT2D eigenvalue weighted by molar-refractivity contribution is 5.98. The maximum absolute atomic E-state index is 11.5. The molecule has 8 N–H and O–H groups in total. The number of aliphatic hydroxyl groups excluding tert-OH is 1. The van der Waals surface area contributed by atoms with E-state index in [9.17, 15) is 15.0 Å². The second-order valence-corrected chi connectivity index (χ2v) is 7.59. The predicted molar refractivity (Wildman–Crippen MR) is 98.2 cm³/mol. The first-order valence-electron chi connectivity index (χ1n) is 8.85. The van der Waals surface area contributed by atoms with Gasteiger partial charge in [-0.25, -0.2) is 10.7 Å². The molecule has 0 amide bonds. The number of aryl methyl sites for hydroxylation is 1. The molecule has 1 fully saturated rings. The first-order valence-corrected chi connectivity index (χ1v) is 8.85. The van der Waals surface area contributed by atoms with Crippen molar-refractivity contribution in [1.29, 1.82) is 0 Å². The summed E-state index contributed by atoms with van der Waals surface area (Å²) >= 11 is 0. The van der Waals surface area contributed by atoms with Crippen LogP contribution in [0.2, 0.25) is 0 Å². The van der Waals surface area contributed by atoms with Crippen molar-refractivity contribution in [3.05, 3.63) is 29.3 Å². The molecular weight excluding hydrogens is 352 g/mol. The van der Waals surface area contributed by atoms with Gasteiger partial charge in [-0.3, -0.25) is 9.83 Å². The average molecular weight is 378 g/mol. The number of carbonyl (C=O) groups is 1. The van der Waals surface area contributed by atoms with Gasteiger partial charge in [-0.2, -0.15) is 0 Å². The van der Waals surface area contributed by atoms with E-state index in [1.54, 1.807) is 12.1 Å². The Morgan fingerprint density at radius 2 is 2.19 bits per heavy atom. The summed E-state index contributed by atoms with van der Waals surface area (Å²) in [5.41, 5.74) is 11.6. The van der Waals surface area contributed by atoms with Gasteiger partial charge in [-0.15, -0.1) is 0 Å². The molecular formula is C18H26N4O5. The maximum Gasteiger partial charge on any atom is 0.341 e. The number of fused-ring (bicyclic) bond motifs is 1. The van der Waals surface area contributed by atoms with Crippen molar-refractivity contribution in [2.75, 3.05) is 6.61 Å². The third-order valence-electron chi connectivity index (χ3n) is 5.51. The summed E-state index contributed by atoms with van der Waals surface area (Å²) in [6.45, 7) is 1.34. The summed E-state index contributed by atoms with van der Waals surface area (Å²) in [5, 5.41) is 18.6. The van der Waals surface area contributed by atoms with Gasteiger partial charge < -0.3 is 26.4 Å². The van der Waals surface area contributed by atoms with E-state index in [0.717, 1.165) is 11.1 Å². The third kappa shape index (κ3) is 3.63. The van der Waals surface area contributed by atoms with Crippen LogP contribution < -0.4 is 22.1 Å². The van der Waals surface area contributed by atoms with E-state index in [4.69, 9.17) is 26.9 Å². The number of hydrogen-bond donors (Lipinski definition) is 5. The highest BCUT2D eigenvalue weighted by Crippen LogP contribution is 2.34. The van der Waals surface area contributed by atoms with E-state index in [2.05, 4.69) is 4.99 Å². The lowest BCUT2D eigenvalue weighted by Crippen LogP contribution is -2.56. The zero-order valence-corrected chi connectivity index (χ0v) is 15.2. The number of aliphatic hydroxyl groups is 1. The van der Waals surface area contributed by atoms with Crippen molar-refractivity contribution in [1.82, 2.24) is 0 Å². The van der Waals surface area contributed by atoms with Gasteiger partial charge in [0, 0.05) is 11.1 Å². The van der Waals surface area contributed by atoms with Crippen molar-refractivity contribution in [2.45, 2.75) is 55.9 Å². The molecule has 0 saturated heterocycles. The molecule has 27 heavy (non-hydrogen) atoms. The molecule has 1 heterocycles. The number of carboxylic acid groups (broad SMARTS) is 1. The van der Waals surface area contributed by atoms with E-state index < -0.39 is 23.2 Å². The van der Waals surface area contributed by atoms with Gasteiger partial charge in [0.15, 0.2) is 0 Å². The average Bonchev–Trinajstić information content (AvgIpc) is 2.64. The van der Waals surface area contributed by atoms with Crippen LogP contribution in [0.25, 0.3) is 0 Å². The maximum atomic E-state index is 11.5. The molecule has 0 radical (unpaired) electrons. The van der Waals surface area contributed by atoms with E-state index in [-0.39, 0.29) is 12.6 Å². The molecule has 1 aliphatic heterocycles. The molecule has 9 nitrogen and oxygen atoms in total. The minimum Gasteiger partial charge on any atom is -0.486 e. The summed E-state index contributed by atoms with van der Waals surface area (Å²) in [6, 6.07) is 5.44. The third-order valence-corrected chi connectivity index (χ3v) is 5.51. The van der Waals surface area contributed by atoms with Crippen LogP contribution >= 0.6 is 0 Å². The van der Waals surface area contributed by atoms with E-state index >= 15 is 0 Å². The number of ether oxygens (including phenoxy) is 1. The molecule has 1 aromatic rings. The van der Waals surface area contributed by atoms with Crippen LogP contribution in [-0.2, 0) is 16.1 Å². The fourth-order valence-electron chi connectivity index (χ4n) is 3.57. The van der Waals surface area contributed by atoms with Gasteiger partial charge in [0.2, 0.25) is 5.60 Å². The standard InChI is InChI=1S/C18H26N4O5/c1-17(27-21,16(24)25)14-5-3-10-6-11(2-4-13(10)26-14)15(19)22-12-7-18(20,8-12)9-23/h2,4,6,12,14,23H,3,5,7-9,20-21H2,1H3,(H2,19,22)(H,24,25)/t12?,14-,17+,18?/m1/s1. The number of rotatable bonds is 6. The van der Waals surface area contributed by atoms with Crippen molar-refractivity contribution in [3.8, 4) is 5.75 Å². The summed E-state index contributed by atoms with van der Waals surface area (Å²) in [4.78, 5) is 20.7. The molecule has 148 valence electrons. The quantitative estimate of drug-likeness (QED) is 0.255. The minimum atomic E-state index is -1.62. The van der Waals surface area contributed by atoms with Crippen LogP contribution in [0, 0.1) is 0 Å². The van der Waals surface area contributed by atoms with Crippen LogP contribution in [0.15, 0.2) is 23.2 Å². The molecule has 1 aliphatic carbocycles. The van der Waals surface area contributed by atoms with Crippen LogP contribution in [0.3, 0.4) is 0 Å². The first kappa shape index (κ1) is 19.6. The summed E-state index contributed by atoms with van der Waals surface area (Å²) in [6.07, 6.45) is 1.56. The number of benzene rings is 1. The highest BCUT2D eigenvalue weighted by Gasteiger charge is 2.46. The first-order chi connectivity index (χ1) is 12.7. The fraction of sp³-hybridized carbons (Fsp3) is 0.556. The fourth-order valence-corrected chi connectivity index (χ4v) is 3.57. The lowest BCUT2D eigenvalue weighted by molar-refractivity contribution is -0.179. The SMILES string of the molecule is C[C@@](ON)(C(=O)O)[C@H]1CCc2cc(C(N)=NC3CC(N)(CO)C3)ccc2O1. The Balaban J connectivity index is 1.73. The molecule has 0 bridgehead atoms. The van der Waals surface area contributed by atoms with Crippen molar-refractivity contribution < 1.29 is 24.6 Å². The summed E-state index contributed by atoms with van der Waals surface area (Å²) in [7, 11) is 0. The van der Waals surface area contributed by atoms with Crippen molar-refractivity contribution in [3.63, 3.8) is 0 Å². The number of nitrogens with two attached hydrogens (primary N) is 3. The second-order valence-electron chi connectivity index (χ2n) is 7.59. The number of aliphatic imine (C=N–C) groups is 1. The van der Waals surface area contributed by atoms with Crippen LogP contribution in [0.1, 0.15) is 37.3 Å². The second kappa shape index (κ2) is 7.08. The molecule has 1 aromatic carbocycles. The van der Waals surface area contributed by atoms with Gasteiger partial charge in [-0.05, 0) is 56.4 Å². The number of hydrogen-bond acceptors (Lipinski definition) is 7. The summed E-state index contributed by atoms with van der Waals surface area (Å²) < 4.78 is 5.83. The Kier molecular flexibility index (Phi) is 5.13. The van der Waals surface area contributed by atoms with Gasteiger partial charge >= 0.3 is 5.97 Å². The lowest BCUT2D eigenvalue weighted by Gasteiger charge is -2.41. The lowest BCUT2D eigenvalue weighted by atomic mass is 9.74. The molecule has 3 rings (SSSR count). The van der Waals surface area contributed by atoms with Gasteiger partial charge in [0.25, 0.3) is 0 Å².